The third-order valence-corrected chi connectivity index (χ3v) is 3.34. The van der Waals surface area contributed by atoms with Crippen molar-refractivity contribution in [2.75, 3.05) is 25.1 Å². The topological polar surface area (TPSA) is 30.5 Å². The van der Waals surface area contributed by atoms with E-state index in [0.29, 0.717) is 13.2 Å². The van der Waals surface area contributed by atoms with Crippen LogP contribution in [0.25, 0.3) is 0 Å². The highest BCUT2D eigenvalue weighted by Gasteiger charge is 1.98. The number of hydrogen-bond acceptors (Lipinski definition) is 3. The van der Waals surface area contributed by atoms with Gasteiger partial charge in [0.15, 0.2) is 0 Å². The van der Waals surface area contributed by atoms with Gasteiger partial charge in [-0.3, -0.25) is 0 Å². The first-order valence-corrected chi connectivity index (χ1v) is 7.36. The molecule has 112 valence electrons. The van der Waals surface area contributed by atoms with E-state index >= 15 is 0 Å². The largest absolute Gasteiger partial charge is 0.494 e. The molecule has 0 amide bonds. The Bertz CT molecular complexity index is 564. The fraction of sp³-hybridized carbons (Fsp3) is 0.333. The molecule has 2 aromatic carbocycles. The van der Waals surface area contributed by atoms with Crippen LogP contribution in [0.1, 0.15) is 18.1 Å². The summed E-state index contributed by atoms with van der Waals surface area (Å²) >= 11 is 0. The van der Waals surface area contributed by atoms with Crippen molar-refractivity contribution < 1.29 is 9.47 Å². The number of rotatable bonds is 7. The molecule has 0 fully saturated rings. The Balaban J connectivity index is 1.75. The van der Waals surface area contributed by atoms with E-state index in [1.165, 1.54) is 11.1 Å². The molecule has 0 aliphatic rings. The number of ether oxygens (including phenoxy) is 2. The highest BCUT2D eigenvalue weighted by atomic mass is 16.5. The molecule has 0 unspecified atom stereocenters. The van der Waals surface area contributed by atoms with Crippen molar-refractivity contribution in [3.8, 4) is 11.5 Å². The molecule has 3 heteroatoms. The van der Waals surface area contributed by atoms with E-state index in [4.69, 9.17) is 9.47 Å². The number of nitrogens with one attached hydrogen (secondary N) is 1. The van der Waals surface area contributed by atoms with Gasteiger partial charge in [0.2, 0.25) is 0 Å². The summed E-state index contributed by atoms with van der Waals surface area (Å²) in [6.07, 6.45) is 0. The van der Waals surface area contributed by atoms with E-state index in [0.717, 1.165) is 23.7 Å². The van der Waals surface area contributed by atoms with E-state index in [1.54, 1.807) is 0 Å². The first-order chi connectivity index (χ1) is 10.2. The van der Waals surface area contributed by atoms with Gasteiger partial charge >= 0.3 is 0 Å². The van der Waals surface area contributed by atoms with Crippen LogP contribution in [-0.2, 0) is 0 Å². The monoisotopic (exact) mass is 285 g/mol. The van der Waals surface area contributed by atoms with E-state index in [-0.39, 0.29) is 0 Å². The van der Waals surface area contributed by atoms with E-state index in [9.17, 15) is 0 Å². The van der Waals surface area contributed by atoms with Gasteiger partial charge in [0, 0.05) is 12.2 Å². The normalized spacial score (nSPS) is 10.2. The summed E-state index contributed by atoms with van der Waals surface area (Å²) in [6, 6.07) is 14.1. The Morgan fingerprint density at radius 2 is 1.57 bits per heavy atom. The zero-order chi connectivity index (χ0) is 15.1. The van der Waals surface area contributed by atoms with Crippen molar-refractivity contribution in [2.45, 2.75) is 20.8 Å². The van der Waals surface area contributed by atoms with Gasteiger partial charge in [-0.25, -0.2) is 0 Å². The van der Waals surface area contributed by atoms with Crippen molar-refractivity contribution in [2.24, 2.45) is 0 Å². The SMILES string of the molecule is CCOc1ccc(NCCOc2ccc(C)c(C)c2)cc1. The summed E-state index contributed by atoms with van der Waals surface area (Å²) in [7, 11) is 0. The van der Waals surface area contributed by atoms with Gasteiger partial charge in [-0.1, -0.05) is 6.07 Å². The number of anilines is 1. The molecule has 2 aromatic rings. The van der Waals surface area contributed by atoms with Gasteiger partial charge in [0.05, 0.1) is 6.61 Å². The van der Waals surface area contributed by atoms with E-state index in [1.807, 2.05) is 37.3 Å². The van der Waals surface area contributed by atoms with Crippen molar-refractivity contribution in [3.63, 3.8) is 0 Å². The van der Waals surface area contributed by atoms with Crippen LogP contribution in [0.15, 0.2) is 42.5 Å². The lowest BCUT2D eigenvalue weighted by Gasteiger charge is -2.10. The average Bonchev–Trinajstić information content (AvgIpc) is 2.49. The maximum atomic E-state index is 5.74. The highest BCUT2D eigenvalue weighted by Crippen LogP contribution is 2.17. The van der Waals surface area contributed by atoms with Gasteiger partial charge in [0.1, 0.15) is 18.1 Å². The Morgan fingerprint density at radius 1 is 0.857 bits per heavy atom. The minimum atomic E-state index is 0.635. The summed E-state index contributed by atoms with van der Waals surface area (Å²) in [5.41, 5.74) is 3.61. The van der Waals surface area contributed by atoms with Crippen molar-refractivity contribution in [1.29, 1.82) is 0 Å². The van der Waals surface area contributed by atoms with E-state index < -0.39 is 0 Å². The van der Waals surface area contributed by atoms with Gasteiger partial charge in [0.25, 0.3) is 0 Å². The molecule has 0 radical (unpaired) electrons. The maximum absolute atomic E-state index is 5.74. The minimum Gasteiger partial charge on any atom is -0.494 e. The Labute approximate surface area is 126 Å². The molecule has 0 aliphatic heterocycles. The van der Waals surface area contributed by atoms with Crippen LogP contribution >= 0.6 is 0 Å². The van der Waals surface area contributed by atoms with E-state index in [2.05, 4.69) is 31.3 Å². The summed E-state index contributed by atoms with van der Waals surface area (Å²) in [5.74, 6) is 1.82. The molecule has 1 N–H and O–H groups in total. The summed E-state index contributed by atoms with van der Waals surface area (Å²) in [4.78, 5) is 0. The lowest BCUT2D eigenvalue weighted by molar-refractivity contribution is 0.332. The molecule has 21 heavy (non-hydrogen) atoms. The smallest absolute Gasteiger partial charge is 0.119 e. The molecule has 0 bridgehead atoms. The zero-order valence-electron chi connectivity index (χ0n) is 13.0. The molecule has 0 saturated heterocycles. The zero-order valence-corrected chi connectivity index (χ0v) is 13.0. The van der Waals surface area contributed by atoms with Gasteiger partial charge < -0.3 is 14.8 Å². The summed E-state index contributed by atoms with van der Waals surface area (Å²) in [5, 5.41) is 3.33. The minimum absolute atomic E-state index is 0.635. The molecule has 0 atom stereocenters. The predicted octanol–water partition coefficient (Wildman–Crippen LogP) is 4.19. The van der Waals surface area contributed by atoms with Gasteiger partial charge in [-0.15, -0.1) is 0 Å². The third-order valence-electron chi connectivity index (χ3n) is 3.34. The molecule has 0 aliphatic carbocycles. The summed E-state index contributed by atoms with van der Waals surface area (Å²) in [6.45, 7) is 8.27. The molecular weight excluding hydrogens is 262 g/mol. The second-order valence-corrected chi connectivity index (χ2v) is 4.98. The Kier molecular flexibility index (Phi) is 5.50. The molecule has 0 heterocycles. The second-order valence-electron chi connectivity index (χ2n) is 4.98. The van der Waals surface area contributed by atoms with Crippen molar-refractivity contribution in [1.82, 2.24) is 0 Å². The van der Waals surface area contributed by atoms with Crippen LogP contribution in [0, 0.1) is 13.8 Å². The molecule has 0 aromatic heterocycles. The molecule has 0 saturated carbocycles. The van der Waals surface area contributed by atoms with Crippen LogP contribution in [0.4, 0.5) is 5.69 Å². The predicted molar refractivity (Wildman–Crippen MR) is 87.5 cm³/mol. The van der Waals surface area contributed by atoms with Gasteiger partial charge in [-0.2, -0.15) is 0 Å². The Hall–Kier alpha value is -2.16. The first kappa shape index (κ1) is 15.2. The molecular formula is C18H23NO2. The van der Waals surface area contributed by atoms with Crippen LogP contribution < -0.4 is 14.8 Å². The van der Waals surface area contributed by atoms with Crippen molar-refractivity contribution in [3.05, 3.63) is 53.6 Å². The van der Waals surface area contributed by atoms with Crippen LogP contribution in [-0.4, -0.2) is 19.8 Å². The van der Waals surface area contributed by atoms with Crippen LogP contribution in [0.5, 0.6) is 11.5 Å². The molecule has 0 spiro atoms. The quantitative estimate of drug-likeness (QED) is 0.774. The fourth-order valence-electron chi connectivity index (χ4n) is 2.00. The number of benzene rings is 2. The Morgan fingerprint density at radius 3 is 2.24 bits per heavy atom. The number of hydrogen-bond donors (Lipinski definition) is 1. The van der Waals surface area contributed by atoms with Crippen molar-refractivity contribution >= 4 is 5.69 Å². The highest BCUT2D eigenvalue weighted by molar-refractivity contribution is 5.46. The summed E-state index contributed by atoms with van der Waals surface area (Å²) < 4.78 is 11.2. The maximum Gasteiger partial charge on any atom is 0.119 e. The van der Waals surface area contributed by atoms with Crippen LogP contribution in [0.3, 0.4) is 0 Å². The third kappa shape index (κ3) is 4.71. The number of aryl methyl sites for hydroxylation is 2. The fourth-order valence-corrected chi connectivity index (χ4v) is 2.00. The standard InChI is InChI=1S/C18H23NO2/c1-4-20-17-9-6-16(7-10-17)19-11-12-21-18-8-5-14(2)15(3)13-18/h5-10,13,19H,4,11-12H2,1-3H3. The average molecular weight is 285 g/mol. The molecule has 2 rings (SSSR count). The van der Waals surface area contributed by atoms with Gasteiger partial charge in [-0.05, 0) is 68.3 Å². The van der Waals surface area contributed by atoms with Crippen LogP contribution in [0.2, 0.25) is 0 Å². The first-order valence-electron chi connectivity index (χ1n) is 7.36. The lowest BCUT2D eigenvalue weighted by Crippen LogP contribution is -2.11. The lowest BCUT2D eigenvalue weighted by atomic mass is 10.1. The molecule has 3 nitrogen and oxygen atoms in total. The second kappa shape index (κ2) is 7.58.